The second-order valence-corrected chi connectivity index (χ2v) is 3.90. The molecule has 0 aliphatic carbocycles. The van der Waals surface area contributed by atoms with Gasteiger partial charge in [-0.2, -0.15) is 0 Å². The van der Waals surface area contributed by atoms with Crippen LogP contribution in [-0.4, -0.2) is 48.4 Å². The minimum Gasteiger partial charge on any atom is -0.396 e. The third-order valence-corrected chi connectivity index (χ3v) is 2.16. The van der Waals surface area contributed by atoms with Crippen molar-refractivity contribution < 1.29 is 20.1 Å². The summed E-state index contributed by atoms with van der Waals surface area (Å²) in [5.74, 6) is 0. The number of ether oxygens (including phenoxy) is 1. The quantitative estimate of drug-likeness (QED) is 0.655. The zero-order valence-corrected chi connectivity index (χ0v) is 15.2. The van der Waals surface area contributed by atoms with E-state index < -0.39 is 0 Å². The van der Waals surface area contributed by atoms with Crippen molar-refractivity contribution in [3.63, 3.8) is 0 Å². The van der Waals surface area contributed by atoms with Crippen molar-refractivity contribution in [2.45, 2.75) is 87.0 Å². The van der Waals surface area contributed by atoms with Crippen LogP contribution < -0.4 is 0 Å². The van der Waals surface area contributed by atoms with Crippen LogP contribution in [0.3, 0.4) is 0 Å². The van der Waals surface area contributed by atoms with E-state index in [2.05, 4.69) is 6.92 Å². The topological polar surface area (TPSA) is 69.9 Å². The Hall–Kier alpha value is -0.160. The molecule has 0 aromatic carbocycles. The van der Waals surface area contributed by atoms with E-state index in [-0.39, 0.29) is 20.6 Å². The van der Waals surface area contributed by atoms with Crippen molar-refractivity contribution >= 4 is 0 Å². The van der Waals surface area contributed by atoms with E-state index in [1.165, 1.54) is 25.7 Å². The van der Waals surface area contributed by atoms with Gasteiger partial charge in [-0.15, -0.1) is 0 Å². The Morgan fingerprint density at radius 2 is 1.09 bits per heavy atom. The minimum absolute atomic E-state index is 0. The summed E-state index contributed by atoms with van der Waals surface area (Å²) in [5.41, 5.74) is 0. The number of unbranched alkanes of at least 4 members (excludes halogenated alkanes) is 2. The van der Waals surface area contributed by atoms with Crippen molar-refractivity contribution in [1.29, 1.82) is 0 Å². The highest BCUT2D eigenvalue weighted by Crippen LogP contribution is 2.02. The van der Waals surface area contributed by atoms with Gasteiger partial charge in [0.25, 0.3) is 0 Å². The van der Waals surface area contributed by atoms with Gasteiger partial charge in [-0.05, 0) is 32.1 Å². The van der Waals surface area contributed by atoms with Gasteiger partial charge in [0.2, 0.25) is 0 Å². The fourth-order valence-corrected chi connectivity index (χ4v) is 1.12. The van der Waals surface area contributed by atoms with Crippen LogP contribution in [0, 0.1) is 0 Å². The molecule has 1 saturated heterocycles. The van der Waals surface area contributed by atoms with Crippen LogP contribution in [0.15, 0.2) is 0 Å². The molecule has 3 N–H and O–H groups in total. The van der Waals surface area contributed by atoms with Crippen LogP contribution in [0.4, 0.5) is 0 Å². The molecule has 1 fully saturated rings. The SMILES string of the molecule is C.C1CCOCC1.CC.CC.CCCCCO.OCCCO. The van der Waals surface area contributed by atoms with Gasteiger partial charge in [-0.3, -0.25) is 0 Å². The molecule has 0 amide bonds. The Balaban J connectivity index is -0.0000000580. The minimum atomic E-state index is 0. The van der Waals surface area contributed by atoms with Crippen LogP contribution in [0.2, 0.25) is 0 Å². The van der Waals surface area contributed by atoms with Gasteiger partial charge in [0.1, 0.15) is 0 Å². The van der Waals surface area contributed by atoms with E-state index >= 15 is 0 Å². The van der Waals surface area contributed by atoms with Crippen LogP contribution in [0.25, 0.3) is 0 Å². The van der Waals surface area contributed by atoms with E-state index in [9.17, 15) is 0 Å². The van der Waals surface area contributed by atoms with E-state index in [1.54, 1.807) is 0 Å². The Morgan fingerprint density at radius 3 is 1.18 bits per heavy atom. The molecule has 0 atom stereocenters. The van der Waals surface area contributed by atoms with Gasteiger partial charge >= 0.3 is 0 Å². The van der Waals surface area contributed by atoms with Gasteiger partial charge < -0.3 is 20.1 Å². The molecule has 4 nitrogen and oxygen atoms in total. The lowest BCUT2D eigenvalue weighted by atomic mass is 10.2. The molecular formula is C18H46O4. The Morgan fingerprint density at radius 1 is 0.682 bits per heavy atom. The van der Waals surface area contributed by atoms with Crippen LogP contribution in [0.5, 0.6) is 0 Å². The summed E-state index contributed by atoms with van der Waals surface area (Å²) in [6, 6.07) is 0. The molecule has 142 valence electrons. The highest BCUT2D eigenvalue weighted by molar-refractivity contribution is 4.45. The highest BCUT2D eigenvalue weighted by Gasteiger charge is 1.95. The van der Waals surface area contributed by atoms with Crippen molar-refractivity contribution in [2.75, 3.05) is 33.0 Å². The summed E-state index contributed by atoms with van der Waals surface area (Å²) in [6.45, 7) is 12.7. The average molecular weight is 327 g/mol. The summed E-state index contributed by atoms with van der Waals surface area (Å²) < 4.78 is 5.07. The standard InChI is InChI=1S/C5H10O.C5H12O.C3H8O2.2C2H6.CH4/c1-2-4-6-5-3-1;1-2-3-4-5-6;4-2-1-3-5;2*1-2;/h1-5H2;6H,2-5H2,1H3;4-5H,1-3H2;2*1-2H3;1H4. The monoisotopic (exact) mass is 326 g/mol. The largest absolute Gasteiger partial charge is 0.396 e. The first-order valence-electron chi connectivity index (χ1n) is 8.73. The number of hydrogen-bond acceptors (Lipinski definition) is 4. The third kappa shape index (κ3) is 59.9. The molecule has 1 aliphatic rings. The molecule has 4 heteroatoms. The first-order valence-corrected chi connectivity index (χ1v) is 8.73. The summed E-state index contributed by atoms with van der Waals surface area (Å²) in [6.07, 6.45) is 7.76. The van der Waals surface area contributed by atoms with E-state index in [0.29, 0.717) is 13.0 Å². The van der Waals surface area contributed by atoms with Crippen molar-refractivity contribution in [1.82, 2.24) is 0 Å². The number of hydrogen-bond donors (Lipinski definition) is 3. The average Bonchev–Trinajstić information content (AvgIpc) is 2.60. The fraction of sp³-hybridized carbons (Fsp3) is 1.00. The fourth-order valence-electron chi connectivity index (χ4n) is 1.12. The molecular weight excluding hydrogens is 280 g/mol. The van der Waals surface area contributed by atoms with Gasteiger partial charge in [0.15, 0.2) is 0 Å². The van der Waals surface area contributed by atoms with Crippen LogP contribution >= 0.6 is 0 Å². The first kappa shape index (κ1) is 33.4. The summed E-state index contributed by atoms with van der Waals surface area (Å²) >= 11 is 0. The molecule has 1 heterocycles. The Kier molecular flexibility index (Phi) is 75.6. The van der Waals surface area contributed by atoms with Crippen molar-refractivity contribution in [3.05, 3.63) is 0 Å². The zero-order valence-electron chi connectivity index (χ0n) is 15.2. The predicted octanol–water partition coefficient (Wildman–Crippen LogP) is 4.41. The Labute approximate surface area is 140 Å². The van der Waals surface area contributed by atoms with Crippen LogP contribution in [-0.2, 0) is 4.74 Å². The lowest BCUT2D eigenvalue weighted by Crippen LogP contribution is -2.03. The smallest absolute Gasteiger partial charge is 0.0466 e. The third-order valence-electron chi connectivity index (χ3n) is 2.16. The van der Waals surface area contributed by atoms with Gasteiger partial charge in [-0.25, -0.2) is 0 Å². The number of rotatable bonds is 5. The summed E-state index contributed by atoms with van der Waals surface area (Å²) in [5, 5.41) is 24.0. The van der Waals surface area contributed by atoms with Crippen LogP contribution in [0.1, 0.15) is 87.0 Å². The van der Waals surface area contributed by atoms with Crippen molar-refractivity contribution in [3.8, 4) is 0 Å². The molecule has 1 aliphatic heterocycles. The van der Waals surface area contributed by atoms with Gasteiger partial charge in [0.05, 0.1) is 0 Å². The van der Waals surface area contributed by atoms with Gasteiger partial charge in [0, 0.05) is 33.0 Å². The zero-order chi connectivity index (χ0) is 17.2. The summed E-state index contributed by atoms with van der Waals surface area (Å²) in [4.78, 5) is 0. The maximum Gasteiger partial charge on any atom is 0.0466 e. The molecule has 0 bridgehead atoms. The highest BCUT2D eigenvalue weighted by atomic mass is 16.5. The molecule has 22 heavy (non-hydrogen) atoms. The maximum atomic E-state index is 8.20. The normalized spacial score (nSPS) is 11.5. The van der Waals surface area contributed by atoms with E-state index in [4.69, 9.17) is 20.1 Å². The molecule has 0 aromatic rings. The maximum absolute atomic E-state index is 8.20. The lowest BCUT2D eigenvalue weighted by molar-refractivity contribution is 0.0968. The summed E-state index contributed by atoms with van der Waals surface area (Å²) in [7, 11) is 0. The molecule has 0 spiro atoms. The second kappa shape index (κ2) is 49.8. The molecule has 0 unspecified atom stereocenters. The molecule has 0 aromatic heterocycles. The molecule has 0 saturated carbocycles. The van der Waals surface area contributed by atoms with E-state index in [0.717, 1.165) is 26.1 Å². The molecule has 0 radical (unpaired) electrons. The number of aliphatic hydroxyl groups is 3. The van der Waals surface area contributed by atoms with Crippen molar-refractivity contribution in [2.24, 2.45) is 0 Å². The first-order chi connectivity index (χ1) is 10.3. The Bertz CT molecular complexity index is 89.8. The second-order valence-electron chi connectivity index (χ2n) is 3.90. The van der Waals surface area contributed by atoms with Gasteiger partial charge in [-0.1, -0.05) is 54.9 Å². The van der Waals surface area contributed by atoms with E-state index in [1.807, 2.05) is 27.7 Å². The number of aliphatic hydroxyl groups excluding tert-OH is 3. The molecule has 1 rings (SSSR count). The lowest BCUT2D eigenvalue weighted by Gasteiger charge is -2.08. The predicted molar refractivity (Wildman–Crippen MR) is 99.5 cm³/mol.